The highest BCUT2D eigenvalue weighted by Crippen LogP contribution is 2.41. The number of rotatable bonds is 12. The zero-order valence-electron chi connectivity index (χ0n) is 24.5. The lowest BCUT2D eigenvalue weighted by atomic mass is 9.76. The molecule has 1 heterocycles. The van der Waals surface area contributed by atoms with Crippen molar-refractivity contribution < 1.29 is 35.9 Å². The Morgan fingerprint density at radius 1 is 1.09 bits per heavy atom. The molecule has 2 aromatic rings. The van der Waals surface area contributed by atoms with Crippen LogP contribution in [0.25, 0.3) is 0 Å². The van der Waals surface area contributed by atoms with E-state index >= 15 is 0 Å². The summed E-state index contributed by atoms with van der Waals surface area (Å²) in [5.74, 6) is 0.596. The van der Waals surface area contributed by atoms with Crippen molar-refractivity contribution in [3.05, 3.63) is 63.6 Å². The van der Waals surface area contributed by atoms with Crippen LogP contribution < -0.4 is 5.32 Å². The largest absolute Gasteiger partial charge is 0.416 e. The topological polar surface area (TPSA) is 88.2 Å². The molecule has 1 atom stereocenters. The van der Waals surface area contributed by atoms with Gasteiger partial charge in [0.2, 0.25) is 15.9 Å². The molecule has 0 radical (unpaired) electrons. The second kappa shape index (κ2) is 15.6. The van der Waals surface area contributed by atoms with E-state index in [-0.39, 0.29) is 25.7 Å². The molecule has 244 valence electrons. The van der Waals surface area contributed by atoms with Crippen molar-refractivity contribution in [2.24, 2.45) is 11.8 Å². The van der Waals surface area contributed by atoms with Crippen LogP contribution >= 0.6 is 23.2 Å². The zero-order valence-corrected chi connectivity index (χ0v) is 26.8. The summed E-state index contributed by atoms with van der Waals surface area (Å²) in [6, 6.07) is 12.0. The second-order valence-electron chi connectivity index (χ2n) is 11.2. The van der Waals surface area contributed by atoms with E-state index in [2.05, 4.69) is 34.5 Å². The van der Waals surface area contributed by atoms with E-state index < -0.39 is 36.7 Å². The third-order valence-electron chi connectivity index (χ3n) is 8.28. The molecule has 2 aliphatic rings. The van der Waals surface area contributed by atoms with E-state index in [4.69, 9.17) is 32.7 Å². The molecule has 1 unspecified atom stereocenters. The maximum absolute atomic E-state index is 13.0. The van der Waals surface area contributed by atoms with E-state index in [0.29, 0.717) is 36.6 Å². The van der Waals surface area contributed by atoms with Crippen LogP contribution in [-0.2, 0) is 30.5 Å². The highest BCUT2D eigenvalue weighted by atomic mass is 35.5. The Morgan fingerprint density at radius 2 is 1.70 bits per heavy atom. The van der Waals surface area contributed by atoms with Crippen molar-refractivity contribution in [1.29, 1.82) is 0 Å². The second-order valence-corrected chi connectivity index (χ2v) is 14.0. The van der Waals surface area contributed by atoms with Gasteiger partial charge in [0.15, 0.2) is 0 Å². The van der Waals surface area contributed by atoms with Crippen LogP contribution in [0.4, 0.5) is 13.2 Å². The van der Waals surface area contributed by atoms with Gasteiger partial charge in [0.05, 0.1) is 35.4 Å². The smallest absolute Gasteiger partial charge is 0.379 e. The van der Waals surface area contributed by atoms with Gasteiger partial charge in [0, 0.05) is 39.3 Å². The molecule has 8 nitrogen and oxygen atoms in total. The average Bonchev–Trinajstić information content (AvgIpc) is 2.99. The molecule has 2 aromatic carbocycles. The highest BCUT2D eigenvalue weighted by Gasteiger charge is 2.35. The third kappa shape index (κ3) is 9.08. The average molecular weight is 681 g/mol. The minimum absolute atomic E-state index is 0.119. The van der Waals surface area contributed by atoms with Crippen molar-refractivity contribution in [3.8, 4) is 0 Å². The minimum atomic E-state index is -4.73. The molecular formula is C30H38Cl2F3N3O5S. The number of nitrogens with one attached hydrogen (secondary N) is 1. The first-order valence-corrected chi connectivity index (χ1v) is 16.8. The lowest BCUT2D eigenvalue weighted by molar-refractivity contribution is -0.137. The number of nitrogens with zero attached hydrogens (tertiary/aromatic N) is 2. The van der Waals surface area contributed by atoms with Crippen LogP contribution in [0, 0.1) is 11.8 Å². The van der Waals surface area contributed by atoms with Crippen LogP contribution in [0.1, 0.15) is 42.9 Å². The van der Waals surface area contributed by atoms with Gasteiger partial charge >= 0.3 is 6.18 Å². The molecule has 1 aliphatic heterocycles. The number of carbonyl (C=O) groups excluding carboxylic acids is 1. The van der Waals surface area contributed by atoms with Gasteiger partial charge in [0.1, 0.15) is 11.5 Å². The van der Waals surface area contributed by atoms with Crippen molar-refractivity contribution in [3.63, 3.8) is 0 Å². The fourth-order valence-corrected chi connectivity index (χ4v) is 8.22. The fraction of sp³-hybridized carbons (Fsp3) is 0.567. The molecule has 14 heteroatoms. The van der Waals surface area contributed by atoms with Crippen LogP contribution in [0.2, 0.25) is 10.0 Å². The van der Waals surface area contributed by atoms with Gasteiger partial charge in [-0.05, 0) is 55.2 Å². The molecule has 4 rings (SSSR count). The summed E-state index contributed by atoms with van der Waals surface area (Å²) in [6.07, 6.45) is -0.568. The normalized spacial score (nSPS) is 20.9. The van der Waals surface area contributed by atoms with Gasteiger partial charge in [-0.3, -0.25) is 9.69 Å². The molecule has 0 spiro atoms. The number of hydrogen-bond acceptors (Lipinski definition) is 6. The van der Waals surface area contributed by atoms with E-state index in [1.807, 2.05) is 6.07 Å². The molecule has 0 aromatic heterocycles. The van der Waals surface area contributed by atoms with Crippen molar-refractivity contribution in [2.45, 2.75) is 42.8 Å². The first kappa shape index (κ1) is 34.9. The Labute approximate surface area is 266 Å². The lowest BCUT2D eigenvalue weighted by Crippen LogP contribution is -2.43. The molecule has 2 fully saturated rings. The van der Waals surface area contributed by atoms with Gasteiger partial charge in [-0.15, -0.1) is 0 Å². The van der Waals surface area contributed by atoms with Crippen molar-refractivity contribution in [2.75, 3.05) is 59.7 Å². The number of carbonyl (C=O) groups is 1. The molecule has 1 N–H and O–H groups in total. The summed E-state index contributed by atoms with van der Waals surface area (Å²) in [5, 5.41) is 1.65. The van der Waals surface area contributed by atoms with Crippen LogP contribution in [0.3, 0.4) is 0 Å². The number of hydrogen-bond donors (Lipinski definition) is 1. The number of ether oxygens (including phenoxy) is 2. The van der Waals surface area contributed by atoms with Crippen molar-refractivity contribution in [1.82, 2.24) is 14.5 Å². The Balaban J connectivity index is 1.19. The first-order chi connectivity index (χ1) is 20.9. The van der Waals surface area contributed by atoms with E-state index in [1.54, 1.807) is 0 Å². The predicted molar refractivity (Wildman–Crippen MR) is 162 cm³/mol. The number of halogens is 5. The molecule has 1 saturated heterocycles. The number of likely N-dealkylation sites (N-methyl/N-ethyl adjacent to an activating group) is 1. The number of benzene rings is 2. The maximum atomic E-state index is 13.0. The van der Waals surface area contributed by atoms with E-state index in [0.717, 1.165) is 56.3 Å². The third-order valence-corrected chi connectivity index (χ3v) is 11.1. The quantitative estimate of drug-likeness (QED) is 0.292. The summed E-state index contributed by atoms with van der Waals surface area (Å²) in [4.78, 5) is 14.3. The van der Waals surface area contributed by atoms with Crippen molar-refractivity contribution >= 4 is 39.1 Å². The number of amides is 1. The van der Waals surface area contributed by atoms with Crippen LogP contribution in [0.5, 0.6) is 0 Å². The maximum Gasteiger partial charge on any atom is 0.416 e. The number of sulfonamides is 1. The Kier molecular flexibility index (Phi) is 12.4. The number of alkyl halides is 3. The summed E-state index contributed by atoms with van der Waals surface area (Å²) in [7, 11) is -3.09. The predicted octanol–water partition coefficient (Wildman–Crippen LogP) is 5.65. The summed E-state index contributed by atoms with van der Waals surface area (Å²) in [5.41, 5.74) is 0.188. The standard InChI is InChI=1S/C30H38Cl2F3N3O5S/c1-37(44(40,41)29-25(31)17-24(18-26(29)32)30(33,34)35)11-14-43-20-27(39)36-19-21-7-9-23(10-8-21)28(22-5-3-2-4-6-22)38-12-15-42-16-13-38/h2-6,17-18,21,23,28H,7-16,19-20H2,1H3,(H,36,39). The summed E-state index contributed by atoms with van der Waals surface area (Å²) in [6.45, 7) is 3.36. The zero-order chi connectivity index (χ0) is 31.9. The molecule has 0 bridgehead atoms. The Hall–Kier alpha value is -1.93. The molecule has 1 amide bonds. The van der Waals surface area contributed by atoms with Gasteiger partial charge < -0.3 is 14.8 Å². The minimum Gasteiger partial charge on any atom is -0.379 e. The molecule has 1 saturated carbocycles. The van der Waals surface area contributed by atoms with Gasteiger partial charge in [-0.25, -0.2) is 8.42 Å². The summed E-state index contributed by atoms with van der Waals surface area (Å²) < 4.78 is 76.6. The monoisotopic (exact) mass is 679 g/mol. The van der Waals surface area contributed by atoms with Gasteiger partial charge in [-0.2, -0.15) is 17.5 Å². The highest BCUT2D eigenvalue weighted by molar-refractivity contribution is 7.89. The van der Waals surface area contributed by atoms with E-state index in [9.17, 15) is 26.4 Å². The molecule has 1 aliphatic carbocycles. The Morgan fingerprint density at radius 3 is 2.30 bits per heavy atom. The van der Waals surface area contributed by atoms with Crippen LogP contribution in [0.15, 0.2) is 47.4 Å². The first-order valence-electron chi connectivity index (χ1n) is 14.6. The summed E-state index contributed by atoms with van der Waals surface area (Å²) >= 11 is 11.8. The van der Waals surface area contributed by atoms with Gasteiger partial charge in [0.25, 0.3) is 0 Å². The van der Waals surface area contributed by atoms with Gasteiger partial charge in [-0.1, -0.05) is 53.5 Å². The molecular weight excluding hydrogens is 642 g/mol. The Bertz CT molecular complexity index is 1330. The lowest BCUT2D eigenvalue weighted by Gasteiger charge is -2.42. The SMILES string of the molecule is CN(CCOCC(=O)NCC1CCC(C(c2ccccc2)N2CCOCC2)CC1)S(=O)(=O)c1c(Cl)cc(C(F)(F)F)cc1Cl. The van der Waals surface area contributed by atoms with Crippen LogP contribution in [-0.4, -0.2) is 83.2 Å². The van der Waals surface area contributed by atoms with E-state index in [1.165, 1.54) is 12.6 Å². The fourth-order valence-electron chi connectivity index (χ4n) is 5.91. The molecule has 44 heavy (non-hydrogen) atoms. The number of morpholine rings is 1.